The van der Waals surface area contributed by atoms with Crippen LogP contribution in [0.5, 0.6) is 0 Å². The highest BCUT2D eigenvalue weighted by atomic mass is 16.1. The number of hydrogen-bond donors (Lipinski definition) is 1. The maximum atomic E-state index is 12.4. The molecule has 0 aliphatic carbocycles. The summed E-state index contributed by atoms with van der Waals surface area (Å²) in [4.78, 5) is 14.6. The molecule has 1 amide bonds. The minimum Gasteiger partial charge on any atom is -0.372 e. The first-order valence-electron chi connectivity index (χ1n) is 7.78. The number of hydrogen-bond acceptors (Lipinski definition) is 2. The van der Waals surface area contributed by atoms with Crippen LogP contribution in [0.3, 0.4) is 0 Å². The fourth-order valence-electron chi connectivity index (χ4n) is 2.61. The van der Waals surface area contributed by atoms with E-state index in [1.165, 1.54) is 5.69 Å². The predicted molar refractivity (Wildman–Crippen MR) is 93.9 cm³/mol. The van der Waals surface area contributed by atoms with E-state index >= 15 is 0 Å². The van der Waals surface area contributed by atoms with E-state index in [2.05, 4.69) is 24.1 Å². The van der Waals surface area contributed by atoms with Crippen LogP contribution in [-0.4, -0.2) is 19.0 Å². The summed E-state index contributed by atoms with van der Waals surface area (Å²) in [6.07, 6.45) is 0. The van der Waals surface area contributed by atoms with E-state index in [0.717, 1.165) is 35.5 Å². The fourth-order valence-corrected chi connectivity index (χ4v) is 2.61. The third kappa shape index (κ3) is 3.67. The van der Waals surface area contributed by atoms with E-state index in [1.54, 1.807) is 0 Å². The minimum atomic E-state index is -0.0620. The smallest absolute Gasteiger partial charge is 0.255 e. The Morgan fingerprint density at radius 3 is 2.18 bits per heavy atom. The summed E-state index contributed by atoms with van der Waals surface area (Å²) in [6, 6.07) is 13.9. The van der Waals surface area contributed by atoms with Crippen molar-refractivity contribution in [3.63, 3.8) is 0 Å². The Balaban J connectivity index is 2.12. The molecule has 0 heterocycles. The average Bonchev–Trinajstić information content (AvgIpc) is 2.50. The van der Waals surface area contributed by atoms with E-state index in [4.69, 9.17) is 0 Å². The van der Waals surface area contributed by atoms with Crippen molar-refractivity contribution in [2.24, 2.45) is 0 Å². The van der Waals surface area contributed by atoms with Crippen LogP contribution in [0.25, 0.3) is 0 Å². The van der Waals surface area contributed by atoms with Gasteiger partial charge in [-0.2, -0.15) is 0 Å². The lowest BCUT2D eigenvalue weighted by Crippen LogP contribution is -2.21. The molecule has 0 aliphatic heterocycles. The standard InChI is InChI=1S/C19H24N2O/c1-5-21(6-2)17-10-8-16(9-11-17)20-19(22)18-12-7-14(3)13-15(18)4/h7-13H,5-6H2,1-4H3,(H,20,22). The second kappa shape index (κ2) is 7.12. The number of carbonyl (C=O) groups excluding carboxylic acids is 1. The minimum absolute atomic E-state index is 0.0620. The van der Waals surface area contributed by atoms with Crippen LogP contribution in [0.1, 0.15) is 35.3 Å². The van der Waals surface area contributed by atoms with Crippen molar-refractivity contribution < 1.29 is 4.79 Å². The molecule has 116 valence electrons. The molecule has 0 aliphatic rings. The number of aryl methyl sites for hydroxylation is 2. The van der Waals surface area contributed by atoms with Gasteiger partial charge in [0.05, 0.1) is 0 Å². The van der Waals surface area contributed by atoms with Crippen molar-refractivity contribution in [2.45, 2.75) is 27.7 Å². The molecule has 2 aromatic rings. The topological polar surface area (TPSA) is 32.3 Å². The first kappa shape index (κ1) is 16.1. The van der Waals surface area contributed by atoms with Gasteiger partial charge in [0.15, 0.2) is 0 Å². The first-order valence-corrected chi connectivity index (χ1v) is 7.78. The number of anilines is 2. The average molecular weight is 296 g/mol. The Bertz CT molecular complexity index is 643. The fraction of sp³-hybridized carbons (Fsp3) is 0.316. The van der Waals surface area contributed by atoms with Gasteiger partial charge in [-0.05, 0) is 63.6 Å². The molecule has 1 N–H and O–H groups in total. The van der Waals surface area contributed by atoms with Gasteiger partial charge in [-0.25, -0.2) is 0 Å². The Hall–Kier alpha value is -2.29. The second-order valence-corrected chi connectivity index (χ2v) is 5.49. The van der Waals surface area contributed by atoms with Crippen molar-refractivity contribution in [1.82, 2.24) is 0 Å². The monoisotopic (exact) mass is 296 g/mol. The number of nitrogens with zero attached hydrogens (tertiary/aromatic N) is 1. The van der Waals surface area contributed by atoms with Crippen molar-refractivity contribution in [1.29, 1.82) is 0 Å². The summed E-state index contributed by atoms with van der Waals surface area (Å²) in [6.45, 7) is 10.2. The summed E-state index contributed by atoms with van der Waals surface area (Å²) in [5, 5.41) is 2.96. The van der Waals surface area contributed by atoms with E-state index in [9.17, 15) is 4.79 Å². The lowest BCUT2D eigenvalue weighted by molar-refractivity contribution is 0.102. The molecule has 0 fully saturated rings. The van der Waals surface area contributed by atoms with Crippen LogP contribution in [0.15, 0.2) is 42.5 Å². The summed E-state index contributed by atoms with van der Waals surface area (Å²) < 4.78 is 0. The van der Waals surface area contributed by atoms with E-state index in [0.29, 0.717) is 0 Å². The van der Waals surface area contributed by atoms with Gasteiger partial charge in [0.1, 0.15) is 0 Å². The number of benzene rings is 2. The highest BCUT2D eigenvalue weighted by molar-refractivity contribution is 6.05. The van der Waals surface area contributed by atoms with Crippen LogP contribution >= 0.6 is 0 Å². The normalized spacial score (nSPS) is 10.4. The van der Waals surface area contributed by atoms with Crippen molar-refractivity contribution >= 4 is 17.3 Å². The highest BCUT2D eigenvalue weighted by Gasteiger charge is 2.09. The predicted octanol–water partition coefficient (Wildman–Crippen LogP) is 4.40. The highest BCUT2D eigenvalue weighted by Crippen LogP contribution is 2.19. The molecule has 3 nitrogen and oxygen atoms in total. The maximum absolute atomic E-state index is 12.4. The van der Waals surface area contributed by atoms with E-state index in [-0.39, 0.29) is 5.91 Å². The number of nitrogens with one attached hydrogen (secondary N) is 1. The molecule has 2 aromatic carbocycles. The van der Waals surface area contributed by atoms with Gasteiger partial charge in [0, 0.05) is 30.0 Å². The Morgan fingerprint density at radius 2 is 1.64 bits per heavy atom. The molecule has 0 spiro atoms. The zero-order valence-electron chi connectivity index (χ0n) is 13.8. The van der Waals surface area contributed by atoms with Crippen molar-refractivity contribution in [3.05, 3.63) is 59.2 Å². The molecule has 0 radical (unpaired) electrons. The van der Waals surface area contributed by atoms with Crippen LogP contribution in [0, 0.1) is 13.8 Å². The first-order chi connectivity index (χ1) is 10.5. The van der Waals surface area contributed by atoms with Crippen molar-refractivity contribution in [2.75, 3.05) is 23.3 Å². The zero-order chi connectivity index (χ0) is 16.1. The number of amides is 1. The van der Waals surface area contributed by atoms with Gasteiger partial charge >= 0.3 is 0 Å². The van der Waals surface area contributed by atoms with E-state index < -0.39 is 0 Å². The molecule has 0 aromatic heterocycles. The third-order valence-corrected chi connectivity index (χ3v) is 3.88. The SMILES string of the molecule is CCN(CC)c1ccc(NC(=O)c2ccc(C)cc2C)cc1. The summed E-state index contributed by atoms with van der Waals surface area (Å²) >= 11 is 0. The lowest BCUT2D eigenvalue weighted by atomic mass is 10.1. The Labute approximate surface area is 133 Å². The molecule has 2 rings (SSSR count). The summed E-state index contributed by atoms with van der Waals surface area (Å²) in [7, 11) is 0. The van der Waals surface area contributed by atoms with Gasteiger partial charge in [-0.3, -0.25) is 4.79 Å². The van der Waals surface area contributed by atoms with Gasteiger partial charge in [-0.15, -0.1) is 0 Å². The molecule has 0 unspecified atom stereocenters. The Kier molecular flexibility index (Phi) is 5.21. The number of carbonyl (C=O) groups is 1. The molecule has 22 heavy (non-hydrogen) atoms. The Morgan fingerprint density at radius 1 is 1.00 bits per heavy atom. The van der Waals surface area contributed by atoms with Crippen LogP contribution in [-0.2, 0) is 0 Å². The second-order valence-electron chi connectivity index (χ2n) is 5.49. The van der Waals surface area contributed by atoms with Gasteiger partial charge in [0.25, 0.3) is 5.91 Å². The third-order valence-electron chi connectivity index (χ3n) is 3.88. The molecular formula is C19H24N2O. The van der Waals surface area contributed by atoms with E-state index in [1.807, 2.05) is 56.3 Å². The molecule has 0 saturated heterocycles. The van der Waals surface area contributed by atoms with Crippen LogP contribution in [0.4, 0.5) is 11.4 Å². The van der Waals surface area contributed by atoms with Crippen LogP contribution < -0.4 is 10.2 Å². The van der Waals surface area contributed by atoms with Crippen molar-refractivity contribution in [3.8, 4) is 0 Å². The molecular weight excluding hydrogens is 272 g/mol. The summed E-state index contributed by atoms with van der Waals surface area (Å²) in [5.74, 6) is -0.0620. The zero-order valence-corrected chi connectivity index (χ0v) is 13.8. The van der Waals surface area contributed by atoms with Gasteiger partial charge < -0.3 is 10.2 Å². The maximum Gasteiger partial charge on any atom is 0.255 e. The molecule has 0 bridgehead atoms. The molecule has 0 atom stereocenters. The lowest BCUT2D eigenvalue weighted by Gasteiger charge is -2.21. The molecule has 0 saturated carbocycles. The number of rotatable bonds is 5. The molecule has 3 heteroatoms. The van der Waals surface area contributed by atoms with Gasteiger partial charge in [-0.1, -0.05) is 17.7 Å². The quantitative estimate of drug-likeness (QED) is 0.887. The van der Waals surface area contributed by atoms with Gasteiger partial charge in [0.2, 0.25) is 0 Å². The summed E-state index contributed by atoms with van der Waals surface area (Å²) in [5.41, 5.74) is 4.88. The van der Waals surface area contributed by atoms with Crippen LogP contribution in [0.2, 0.25) is 0 Å². The largest absolute Gasteiger partial charge is 0.372 e.